The number of carbonyl (C=O) groups excluding carboxylic acids is 1. The number of rotatable bonds is 11. The molecule has 0 amide bonds. The fourth-order valence-electron chi connectivity index (χ4n) is 3.52. The van der Waals surface area contributed by atoms with Crippen LogP contribution in [0.25, 0.3) is 20.9 Å². The average Bonchev–Trinajstić information content (AvgIpc) is 3.26. The van der Waals surface area contributed by atoms with Gasteiger partial charge in [0.25, 0.3) is 0 Å². The minimum absolute atomic E-state index is 0.159. The summed E-state index contributed by atoms with van der Waals surface area (Å²) >= 11 is 1.79. The van der Waals surface area contributed by atoms with Gasteiger partial charge in [-0.05, 0) is 78.3 Å². The zero-order valence-electron chi connectivity index (χ0n) is 19.0. The van der Waals surface area contributed by atoms with Crippen molar-refractivity contribution in [1.29, 1.82) is 0 Å². The van der Waals surface area contributed by atoms with Gasteiger partial charge in [-0.3, -0.25) is 4.79 Å². The van der Waals surface area contributed by atoms with Crippen LogP contribution in [0.5, 0.6) is 5.75 Å². The molecule has 3 heteroatoms. The molecule has 31 heavy (non-hydrogen) atoms. The molecule has 2 nitrogen and oxygen atoms in total. The van der Waals surface area contributed by atoms with Gasteiger partial charge in [-0.15, -0.1) is 11.3 Å². The number of benzene rings is 2. The Hall–Kier alpha value is -2.39. The second-order valence-corrected chi connectivity index (χ2v) is 9.69. The topological polar surface area (TPSA) is 26.3 Å². The third kappa shape index (κ3) is 7.36. The second kappa shape index (κ2) is 11.9. The highest BCUT2D eigenvalue weighted by atomic mass is 32.1. The van der Waals surface area contributed by atoms with E-state index in [0.29, 0.717) is 18.1 Å². The maximum Gasteiger partial charge on any atom is 0.311 e. The maximum absolute atomic E-state index is 11.9. The fraction of sp³-hybridized carbons (Fsp3) is 0.393. The molecule has 0 N–H and O–H groups in total. The predicted octanol–water partition coefficient (Wildman–Crippen LogP) is 8.55. The smallest absolute Gasteiger partial charge is 0.311 e. The average molecular weight is 435 g/mol. The highest BCUT2D eigenvalue weighted by Gasteiger charge is 2.09. The van der Waals surface area contributed by atoms with Crippen molar-refractivity contribution in [2.24, 2.45) is 5.92 Å². The molecule has 1 aromatic heterocycles. The van der Waals surface area contributed by atoms with E-state index in [9.17, 15) is 4.79 Å². The number of ether oxygens (including phenoxy) is 1. The largest absolute Gasteiger partial charge is 0.427 e. The molecule has 0 fully saturated rings. The minimum Gasteiger partial charge on any atom is -0.427 e. The van der Waals surface area contributed by atoms with Crippen LogP contribution in [0.4, 0.5) is 0 Å². The molecule has 0 radical (unpaired) electrons. The molecule has 0 unspecified atom stereocenters. The van der Waals surface area contributed by atoms with Gasteiger partial charge in [0.05, 0.1) is 0 Å². The predicted molar refractivity (Wildman–Crippen MR) is 133 cm³/mol. The van der Waals surface area contributed by atoms with Crippen molar-refractivity contribution in [2.75, 3.05) is 0 Å². The van der Waals surface area contributed by atoms with Gasteiger partial charge in [0.2, 0.25) is 0 Å². The van der Waals surface area contributed by atoms with Crippen molar-refractivity contribution in [2.45, 2.75) is 65.7 Å². The van der Waals surface area contributed by atoms with E-state index >= 15 is 0 Å². The molecule has 3 aromatic rings. The number of hydrogen-bond acceptors (Lipinski definition) is 3. The number of unbranched alkanes of at least 4 members (excludes halogenated alkanes) is 3. The van der Waals surface area contributed by atoms with Crippen molar-refractivity contribution < 1.29 is 9.53 Å². The van der Waals surface area contributed by atoms with Crippen LogP contribution in [-0.2, 0) is 11.2 Å². The summed E-state index contributed by atoms with van der Waals surface area (Å²) < 4.78 is 5.45. The van der Waals surface area contributed by atoms with Crippen LogP contribution in [-0.4, -0.2) is 5.97 Å². The lowest BCUT2D eigenvalue weighted by Crippen LogP contribution is -2.08. The Bertz CT molecular complexity index is 936. The Labute approximate surface area is 191 Å². The molecular formula is C28H34O2S. The van der Waals surface area contributed by atoms with E-state index in [1.165, 1.54) is 53.0 Å². The lowest BCUT2D eigenvalue weighted by atomic mass is 10.0. The number of hydrogen-bond donors (Lipinski definition) is 0. The number of esters is 1. The van der Waals surface area contributed by atoms with Crippen LogP contribution in [0.1, 0.15) is 64.9 Å². The Balaban J connectivity index is 1.58. The molecular weight excluding hydrogens is 400 g/mol. The van der Waals surface area contributed by atoms with Crippen molar-refractivity contribution in [3.63, 3.8) is 0 Å². The highest BCUT2D eigenvalue weighted by Crippen LogP contribution is 2.35. The number of thiophene rings is 1. The number of carbonyl (C=O) groups is 1. The van der Waals surface area contributed by atoms with Gasteiger partial charge in [0.1, 0.15) is 5.75 Å². The lowest BCUT2D eigenvalue weighted by molar-refractivity contribution is -0.134. The monoisotopic (exact) mass is 434 g/mol. The van der Waals surface area contributed by atoms with Gasteiger partial charge >= 0.3 is 5.97 Å². The zero-order valence-corrected chi connectivity index (χ0v) is 19.8. The molecule has 0 atom stereocenters. The Kier molecular flexibility index (Phi) is 8.90. The molecule has 0 aliphatic heterocycles. The van der Waals surface area contributed by atoms with E-state index in [4.69, 9.17) is 4.74 Å². The summed E-state index contributed by atoms with van der Waals surface area (Å²) in [4.78, 5) is 14.4. The van der Waals surface area contributed by atoms with Crippen molar-refractivity contribution >= 4 is 17.3 Å². The Morgan fingerprint density at radius 2 is 1.45 bits per heavy atom. The van der Waals surface area contributed by atoms with Crippen LogP contribution in [0, 0.1) is 5.92 Å². The van der Waals surface area contributed by atoms with Crippen molar-refractivity contribution in [3.05, 3.63) is 66.2 Å². The molecule has 0 aliphatic rings. The summed E-state index contributed by atoms with van der Waals surface area (Å²) in [6.45, 7) is 6.48. The second-order valence-electron chi connectivity index (χ2n) is 8.60. The normalized spacial score (nSPS) is 11.1. The highest BCUT2D eigenvalue weighted by molar-refractivity contribution is 7.18. The van der Waals surface area contributed by atoms with Gasteiger partial charge < -0.3 is 4.74 Å². The van der Waals surface area contributed by atoms with E-state index in [-0.39, 0.29) is 5.97 Å². The summed E-state index contributed by atoms with van der Waals surface area (Å²) in [5.41, 5.74) is 3.84. The standard InChI is InChI=1S/C28H34O2S/c1-4-5-6-7-8-22-10-12-23(13-11-22)26-18-19-27(31-26)24-14-16-25(17-15-24)30-28(29)20-9-21(2)3/h10-19,21H,4-9,20H2,1-3H3. The molecule has 0 aliphatic carbocycles. The van der Waals surface area contributed by atoms with Gasteiger partial charge in [0, 0.05) is 16.2 Å². The van der Waals surface area contributed by atoms with Gasteiger partial charge in [-0.25, -0.2) is 0 Å². The van der Waals surface area contributed by atoms with Crippen LogP contribution in [0.3, 0.4) is 0 Å². The Morgan fingerprint density at radius 3 is 2.03 bits per heavy atom. The summed E-state index contributed by atoms with van der Waals surface area (Å²) in [7, 11) is 0. The third-order valence-electron chi connectivity index (χ3n) is 5.46. The maximum atomic E-state index is 11.9. The number of aryl methyl sites for hydroxylation is 1. The SMILES string of the molecule is CCCCCCc1ccc(-c2ccc(-c3ccc(OC(=O)CCC(C)C)cc3)s2)cc1. The summed E-state index contributed by atoms with van der Waals surface area (Å²) in [6.07, 6.45) is 7.70. The van der Waals surface area contributed by atoms with E-state index in [2.05, 4.69) is 57.2 Å². The first-order valence-corrected chi connectivity index (χ1v) is 12.4. The molecule has 0 saturated heterocycles. The van der Waals surface area contributed by atoms with Crippen LogP contribution < -0.4 is 4.74 Å². The van der Waals surface area contributed by atoms with E-state index in [1.807, 2.05) is 24.3 Å². The third-order valence-corrected chi connectivity index (χ3v) is 6.64. The van der Waals surface area contributed by atoms with Crippen molar-refractivity contribution in [1.82, 2.24) is 0 Å². The zero-order chi connectivity index (χ0) is 22.1. The minimum atomic E-state index is -0.159. The quantitative estimate of drug-likeness (QED) is 0.172. The summed E-state index contributed by atoms with van der Waals surface area (Å²) in [6, 6.07) is 21.2. The van der Waals surface area contributed by atoms with Crippen LogP contribution >= 0.6 is 11.3 Å². The van der Waals surface area contributed by atoms with Gasteiger partial charge in [-0.1, -0.05) is 64.3 Å². The van der Waals surface area contributed by atoms with E-state index in [1.54, 1.807) is 11.3 Å². The molecule has 1 heterocycles. The molecule has 3 rings (SSSR count). The summed E-state index contributed by atoms with van der Waals surface area (Å²) in [5.74, 6) is 0.961. The Morgan fingerprint density at radius 1 is 0.839 bits per heavy atom. The fourth-order valence-corrected chi connectivity index (χ4v) is 4.53. The van der Waals surface area contributed by atoms with Crippen LogP contribution in [0.2, 0.25) is 0 Å². The van der Waals surface area contributed by atoms with Gasteiger partial charge in [-0.2, -0.15) is 0 Å². The first kappa shape index (κ1) is 23.3. The molecule has 0 saturated carbocycles. The first-order chi connectivity index (χ1) is 15.0. The summed E-state index contributed by atoms with van der Waals surface area (Å²) in [5, 5.41) is 0. The molecule has 2 aromatic carbocycles. The van der Waals surface area contributed by atoms with E-state index < -0.39 is 0 Å². The first-order valence-electron chi connectivity index (χ1n) is 11.6. The van der Waals surface area contributed by atoms with Crippen molar-refractivity contribution in [3.8, 4) is 26.6 Å². The molecule has 164 valence electrons. The molecule has 0 bridgehead atoms. The van der Waals surface area contributed by atoms with E-state index in [0.717, 1.165) is 12.0 Å². The lowest BCUT2D eigenvalue weighted by Gasteiger charge is -2.06. The molecule has 0 spiro atoms. The van der Waals surface area contributed by atoms with Gasteiger partial charge in [0.15, 0.2) is 0 Å². The van der Waals surface area contributed by atoms with Crippen LogP contribution in [0.15, 0.2) is 60.7 Å².